The Bertz CT molecular complexity index is 332. The van der Waals surface area contributed by atoms with Gasteiger partial charge in [0.25, 0.3) is 12.3 Å². The zero-order valence-corrected chi connectivity index (χ0v) is 10.4. The van der Waals surface area contributed by atoms with E-state index < -0.39 is 31.4 Å². The summed E-state index contributed by atoms with van der Waals surface area (Å²) in [5.74, 6) is -3.19. The quantitative estimate of drug-likeness (QED) is 0.761. The molecule has 2 fully saturated rings. The molecule has 0 aromatic carbocycles. The molecular formula is C11H17F4N3O. The van der Waals surface area contributed by atoms with Gasteiger partial charge in [0.1, 0.15) is 0 Å². The molecule has 1 unspecified atom stereocenters. The van der Waals surface area contributed by atoms with E-state index in [1.807, 2.05) is 0 Å². The molecule has 0 aromatic rings. The second-order valence-corrected chi connectivity index (χ2v) is 5.01. The van der Waals surface area contributed by atoms with Gasteiger partial charge in [0, 0.05) is 32.6 Å². The second-order valence-electron chi connectivity index (χ2n) is 5.01. The molecule has 1 atom stereocenters. The lowest BCUT2D eigenvalue weighted by Crippen LogP contribution is -2.53. The summed E-state index contributed by atoms with van der Waals surface area (Å²) in [6.07, 6.45) is -2.87. The number of halogens is 4. The van der Waals surface area contributed by atoms with Crippen molar-refractivity contribution >= 4 is 5.91 Å². The fourth-order valence-electron chi connectivity index (χ4n) is 2.46. The minimum atomic E-state index is -2.84. The fourth-order valence-corrected chi connectivity index (χ4v) is 2.46. The van der Waals surface area contributed by atoms with Crippen molar-refractivity contribution in [3.05, 3.63) is 0 Å². The lowest BCUT2D eigenvalue weighted by Gasteiger charge is -2.35. The van der Waals surface area contributed by atoms with Crippen LogP contribution in [-0.2, 0) is 4.79 Å². The van der Waals surface area contributed by atoms with Crippen LogP contribution >= 0.6 is 0 Å². The number of nitrogens with one attached hydrogen (secondary N) is 1. The maximum Gasteiger partial charge on any atom is 0.262 e. The third kappa shape index (κ3) is 3.79. The molecule has 2 aliphatic heterocycles. The number of hydrogen-bond acceptors (Lipinski definition) is 3. The third-order valence-corrected chi connectivity index (χ3v) is 3.49. The summed E-state index contributed by atoms with van der Waals surface area (Å²) in [5, 5.41) is 2.51. The van der Waals surface area contributed by atoms with Gasteiger partial charge in [-0.15, -0.1) is 0 Å². The summed E-state index contributed by atoms with van der Waals surface area (Å²) >= 11 is 0. The third-order valence-electron chi connectivity index (χ3n) is 3.49. The Labute approximate surface area is 108 Å². The van der Waals surface area contributed by atoms with Crippen molar-refractivity contribution in [1.82, 2.24) is 15.1 Å². The Morgan fingerprint density at radius 1 is 1.26 bits per heavy atom. The summed E-state index contributed by atoms with van der Waals surface area (Å²) in [7, 11) is 0. The van der Waals surface area contributed by atoms with E-state index in [0.717, 1.165) is 0 Å². The maximum atomic E-state index is 13.0. The average molecular weight is 283 g/mol. The zero-order chi connectivity index (χ0) is 14.0. The first-order valence-electron chi connectivity index (χ1n) is 6.28. The first-order chi connectivity index (χ1) is 8.87. The molecule has 0 aromatic heterocycles. The van der Waals surface area contributed by atoms with Crippen LogP contribution in [0.1, 0.15) is 6.42 Å². The largest absolute Gasteiger partial charge is 0.339 e. The number of hydrogen-bond donors (Lipinski definition) is 1. The van der Waals surface area contributed by atoms with Crippen LogP contribution in [0.2, 0.25) is 0 Å². The smallest absolute Gasteiger partial charge is 0.262 e. The molecule has 0 bridgehead atoms. The van der Waals surface area contributed by atoms with E-state index in [1.54, 1.807) is 4.90 Å². The number of nitrogens with zero attached hydrogens (tertiary/aromatic N) is 2. The van der Waals surface area contributed by atoms with Crippen LogP contribution in [0.15, 0.2) is 0 Å². The van der Waals surface area contributed by atoms with Gasteiger partial charge < -0.3 is 4.90 Å². The number of alkyl halides is 4. The SMILES string of the molecule is O=C(C1CC(F)(F)CN1)N1CCN(CC(F)F)CC1. The number of amides is 1. The number of carbonyl (C=O) groups is 1. The molecule has 2 rings (SSSR count). The molecule has 0 spiro atoms. The Balaban J connectivity index is 1.80. The summed E-state index contributed by atoms with van der Waals surface area (Å²) in [4.78, 5) is 15.0. The van der Waals surface area contributed by atoms with Crippen LogP contribution in [0.4, 0.5) is 17.6 Å². The molecule has 19 heavy (non-hydrogen) atoms. The Hall–Kier alpha value is -0.890. The summed E-state index contributed by atoms with van der Waals surface area (Å²) in [6.45, 7) is 0.569. The molecule has 2 saturated heterocycles. The van der Waals surface area contributed by atoms with Crippen molar-refractivity contribution < 1.29 is 22.4 Å². The van der Waals surface area contributed by atoms with E-state index in [9.17, 15) is 22.4 Å². The highest BCUT2D eigenvalue weighted by Crippen LogP contribution is 2.26. The summed E-state index contributed by atoms with van der Waals surface area (Å²) in [6, 6.07) is -0.850. The van der Waals surface area contributed by atoms with Gasteiger partial charge in [-0.3, -0.25) is 15.0 Å². The molecule has 4 nitrogen and oxygen atoms in total. The van der Waals surface area contributed by atoms with Crippen LogP contribution in [0.5, 0.6) is 0 Å². The van der Waals surface area contributed by atoms with Crippen molar-refractivity contribution in [2.24, 2.45) is 0 Å². The minimum absolute atomic E-state index is 0.304. The number of rotatable bonds is 3. The van der Waals surface area contributed by atoms with Gasteiger partial charge in [-0.2, -0.15) is 0 Å². The van der Waals surface area contributed by atoms with E-state index in [1.165, 1.54) is 4.90 Å². The standard InChI is InChI=1S/C11H17F4N3O/c12-9(13)6-17-1-3-18(4-2-17)10(19)8-5-11(14,15)7-16-8/h8-9,16H,1-7H2. The second kappa shape index (κ2) is 5.62. The van der Waals surface area contributed by atoms with E-state index in [4.69, 9.17) is 0 Å². The molecule has 2 heterocycles. The van der Waals surface area contributed by atoms with E-state index in [2.05, 4.69) is 5.32 Å². The van der Waals surface area contributed by atoms with Crippen LogP contribution in [0.25, 0.3) is 0 Å². The average Bonchev–Trinajstić information content (AvgIpc) is 2.69. The van der Waals surface area contributed by atoms with Gasteiger partial charge in [0.15, 0.2) is 0 Å². The molecule has 1 N–H and O–H groups in total. The van der Waals surface area contributed by atoms with E-state index in [0.29, 0.717) is 26.2 Å². The van der Waals surface area contributed by atoms with E-state index >= 15 is 0 Å². The highest BCUT2D eigenvalue weighted by atomic mass is 19.3. The molecular weight excluding hydrogens is 266 g/mol. The van der Waals surface area contributed by atoms with Crippen molar-refractivity contribution in [2.75, 3.05) is 39.3 Å². The topological polar surface area (TPSA) is 35.6 Å². The minimum Gasteiger partial charge on any atom is -0.339 e. The van der Waals surface area contributed by atoms with Gasteiger partial charge >= 0.3 is 0 Å². The van der Waals surface area contributed by atoms with Crippen molar-refractivity contribution in [2.45, 2.75) is 24.8 Å². The zero-order valence-electron chi connectivity index (χ0n) is 10.4. The number of carbonyl (C=O) groups excluding carboxylic acids is 1. The highest BCUT2D eigenvalue weighted by molar-refractivity contribution is 5.82. The van der Waals surface area contributed by atoms with Crippen LogP contribution in [-0.4, -0.2) is 73.4 Å². The predicted octanol–water partition coefficient (Wildman–Crippen LogP) is 0.393. The van der Waals surface area contributed by atoms with Crippen molar-refractivity contribution in [3.8, 4) is 0 Å². The lowest BCUT2D eigenvalue weighted by atomic mass is 10.1. The molecule has 0 aliphatic carbocycles. The monoisotopic (exact) mass is 283 g/mol. The Morgan fingerprint density at radius 2 is 1.89 bits per heavy atom. The predicted molar refractivity (Wildman–Crippen MR) is 60.4 cm³/mol. The first kappa shape index (κ1) is 14.5. The van der Waals surface area contributed by atoms with Gasteiger partial charge in [0.05, 0.1) is 19.1 Å². The van der Waals surface area contributed by atoms with E-state index in [-0.39, 0.29) is 12.5 Å². The van der Waals surface area contributed by atoms with Crippen molar-refractivity contribution in [1.29, 1.82) is 0 Å². The van der Waals surface area contributed by atoms with Crippen LogP contribution < -0.4 is 5.32 Å². The van der Waals surface area contributed by atoms with Crippen LogP contribution in [0, 0.1) is 0 Å². The van der Waals surface area contributed by atoms with Gasteiger partial charge in [-0.05, 0) is 0 Å². The molecule has 8 heteroatoms. The molecule has 1 amide bonds. The van der Waals surface area contributed by atoms with Gasteiger partial charge in [0.2, 0.25) is 5.91 Å². The first-order valence-corrected chi connectivity index (χ1v) is 6.28. The Kier molecular flexibility index (Phi) is 4.29. The number of piperazine rings is 1. The highest BCUT2D eigenvalue weighted by Gasteiger charge is 2.43. The maximum absolute atomic E-state index is 13.0. The van der Waals surface area contributed by atoms with Gasteiger partial charge in [-0.1, -0.05) is 0 Å². The fraction of sp³-hybridized carbons (Fsp3) is 0.909. The van der Waals surface area contributed by atoms with Gasteiger partial charge in [-0.25, -0.2) is 17.6 Å². The summed E-state index contributed by atoms with van der Waals surface area (Å²) in [5.41, 5.74) is 0. The molecule has 110 valence electrons. The normalized spacial score (nSPS) is 28.1. The van der Waals surface area contributed by atoms with Crippen LogP contribution in [0.3, 0.4) is 0 Å². The Morgan fingerprint density at radius 3 is 2.37 bits per heavy atom. The molecule has 0 saturated carbocycles. The molecule has 0 radical (unpaired) electrons. The lowest BCUT2D eigenvalue weighted by molar-refractivity contribution is -0.135. The molecule has 2 aliphatic rings. The summed E-state index contributed by atoms with van der Waals surface area (Å²) < 4.78 is 50.4. The van der Waals surface area contributed by atoms with Crippen molar-refractivity contribution in [3.63, 3.8) is 0 Å².